The Kier molecular flexibility index (Phi) is 5.56. The molecular weight excluding hydrogens is 418 g/mol. The Morgan fingerprint density at radius 3 is 2.94 bits per heavy atom. The number of nitrogens with zero attached hydrogens (tertiary/aromatic N) is 3. The Labute approximate surface area is 119 Å². The number of anilines is 1. The number of nitrogens with two attached hydrogens (primary N) is 1. The van der Waals surface area contributed by atoms with Crippen LogP contribution in [-0.4, -0.2) is 26.2 Å². The van der Waals surface area contributed by atoms with Crippen LogP contribution in [0, 0.1) is 5.82 Å². The minimum atomic E-state index is -0.339. The number of rotatable bonds is 2. The number of amidine groups is 1. The number of methoxy groups -OCH3 is 1. The molecular formula is C11H14FN4OPt-. The van der Waals surface area contributed by atoms with Crippen LogP contribution in [0.15, 0.2) is 23.3 Å². The third kappa shape index (κ3) is 3.21. The molecule has 2 N–H and O–H groups in total. The summed E-state index contributed by atoms with van der Waals surface area (Å²) in [5, 5.41) is 9.65. The molecule has 0 saturated carbocycles. The van der Waals surface area contributed by atoms with Gasteiger partial charge in [-0.05, 0) is 24.2 Å². The summed E-state index contributed by atoms with van der Waals surface area (Å²) in [6.45, 7) is 1.38. The van der Waals surface area contributed by atoms with E-state index in [0.717, 1.165) is 5.56 Å². The average molecular weight is 432 g/mol. The summed E-state index contributed by atoms with van der Waals surface area (Å²) in [5.74, 6) is -0.339. The van der Waals surface area contributed by atoms with Crippen molar-refractivity contribution in [2.24, 2.45) is 10.8 Å². The second kappa shape index (κ2) is 6.71. The van der Waals surface area contributed by atoms with E-state index in [1.165, 1.54) is 13.2 Å². The van der Waals surface area contributed by atoms with Gasteiger partial charge in [0.25, 0.3) is 0 Å². The molecule has 0 radical (unpaired) electrons. The zero-order valence-corrected chi connectivity index (χ0v) is 12.1. The molecule has 0 bridgehead atoms. The first-order chi connectivity index (χ1) is 8.24. The summed E-state index contributed by atoms with van der Waals surface area (Å²) in [5.41, 5.74) is 6.61. The third-order valence-electron chi connectivity index (χ3n) is 2.47. The first-order valence-electron chi connectivity index (χ1n) is 5.30. The molecule has 0 aromatic heterocycles. The molecule has 0 atom stereocenters. The standard InChI is InChI=1S/C11H14FN4O.Pt/c1-17-11-14-4-5-16(15-11)10-3-2-8(7-13)6-9(10)12;/h2-3,6H,4-5,7,13H2,1H3;/q-1;. The van der Waals surface area contributed by atoms with Crippen molar-refractivity contribution >= 4 is 11.7 Å². The van der Waals surface area contributed by atoms with Crippen molar-refractivity contribution in [2.45, 2.75) is 6.54 Å². The van der Waals surface area contributed by atoms with Gasteiger partial charge in [-0.15, -0.1) is 0 Å². The molecule has 0 fully saturated rings. The monoisotopic (exact) mass is 432 g/mol. The molecule has 2 rings (SSSR count). The molecule has 0 saturated heterocycles. The average Bonchev–Trinajstić information content (AvgIpc) is 2.38. The molecule has 1 aliphatic rings. The SMILES string of the molecule is COC1=NN(c2ccc(CN)cc2F)CC[N-]1.[Pt]. The van der Waals surface area contributed by atoms with Gasteiger partial charge in [0.05, 0.1) is 12.8 Å². The fourth-order valence-electron chi connectivity index (χ4n) is 1.59. The van der Waals surface area contributed by atoms with Crippen molar-refractivity contribution in [3.05, 3.63) is 34.9 Å². The van der Waals surface area contributed by atoms with E-state index in [-0.39, 0.29) is 32.9 Å². The Bertz CT molecular complexity index is 441. The Balaban J connectivity index is 0.00000162. The van der Waals surface area contributed by atoms with E-state index in [2.05, 4.69) is 10.4 Å². The van der Waals surface area contributed by atoms with Crippen molar-refractivity contribution in [3.8, 4) is 0 Å². The van der Waals surface area contributed by atoms with Crippen LogP contribution in [0.1, 0.15) is 5.56 Å². The third-order valence-corrected chi connectivity index (χ3v) is 2.47. The Morgan fingerprint density at radius 1 is 1.56 bits per heavy atom. The summed E-state index contributed by atoms with van der Waals surface area (Å²) >= 11 is 0. The fourth-order valence-corrected chi connectivity index (χ4v) is 1.59. The predicted molar refractivity (Wildman–Crippen MR) is 64.3 cm³/mol. The number of ether oxygens (including phenoxy) is 1. The van der Waals surface area contributed by atoms with Gasteiger partial charge in [-0.2, -0.15) is 0 Å². The molecule has 1 aliphatic heterocycles. The minimum absolute atomic E-state index is 0. The summed E-state index contributed by atoms with van der Waals surface area (Å²) in [4.78, 5) is 0. The van der Waals surface area contributed by atoms with Crippen LogP contribution in [0.4, 0.5) is 10.1 Å². The van der Waals surface area contributed by atoms with Crippen molar-refractivity contribution in [3.63, 3.8) is 0 Å². The van der Waals surface area contributed by atoms with E-state index in [9.17, 15) is 4.39 Å². The number of hydrogen-bond donors (Lipinski definition) is 1. The summed E-state index contributed by atoms with van der Waals surface area (Å²) in [7, 11) is 1.49. The molecule has 0 unspecified atom stereocenters. The molecule has 0 amide bonds. The van der Waals surface area contributed by atoms with Crippen LogP contribution in [0.3, 0.4) is 0 Å². The van der Waals surface area contributed by atoms with Crippen LogP contribution < -0.4 is 10.7 Å². The van der Waals surface area contributed by atoms with E-state index >= 15 is 0 Å². The van der Waals surface area contributed by atoms with Gasteiger partial charge in [0.2, 0.25) is 0 Å². The fraction of sp³-hybridized carbons (Fsp3) is 0.364. The van der Waals surface area contributed by atoms with Crippen molar-refractivity contribution in [1.29, 1.82) is 0 Å². The van der Waals surface area contributed by atoms with Gasteiger partial charge in [-0.3, -0.25) is 0 Å². The largest absolute Gasteiger partial charge is 0.503 e. The summed E-state index contributed by atoms with van der Waals surface area (Å²) in [6, 6.07) is 5.13. The first kappa shape index (κ1) is 14.9. The minimum Gasteiger partial charge on any atom is -0.503 e. The molecule has 1 heterocycles. The van der Waals surface area contributed by atoms with E-state index in [1.54, 1.807) is 17.1 Å². The van der Waals surface area contributed by atoms with E-state index in [1.807, 2.05) is 0 Å². The molecule has 18 heavy (non-hydrogen) atoms. The van der Waals surface area contributed by atoms with Crippen molar-refractivity contribution < 1.29 is 30.2 Å². The normalized spacial score (nSPS) is 14.4. The second-order valence-electron chi connectivity index (χ2n) is 3.58. The predicted octanol–water partition coefficient (Wildman–Crippen LogP) is 1.39. The quantitative estimate of drug-likeness (QED) is 0.769. The number of halogens is 1. The van der Waals surface area contributed by atoms with Gasteiger partial charge in [-0.25, -0.2) is 4.39 Å². The van der Waals surface area contributed by atoms with Gasteiger partial charge < -0.3 is 25.9 Å². The molecule has 1 aromatic carbocycles. The van der Waals surface area contributed by atoms with Crippen molar-refractivity contribution in [2.75, 3.05) is 25.2 Å². The van der Waals surface area contributed by atoms with Gasteiger partial charge in [0.15, 0.2) is 0 Å². The maximum absolute atomic E-state index is 13.8. The maximum Gasteiger partial charge on any atom is 0.147 e. The zero-order chi connectivity index (χ0) is 12.3. The Morgan fingerprint density at radius 2 is 2.33 bits per heavy atom. The molecule has 0 spiro atoms. The van der Waals surface area contributed by atoms with Crippen molar-refractivity contribution in [1.82, 2.24) is 0 Å². The van der Waals surface area contributed by atoms with Crippen LogP contribution in [0.5, 0.6) is 0 Å². The summed E-state index contributed by atoms with van der Waals surface area (Å²) < 4.78 is 18.7. The second-order valence-corrected chi connectivity index (χ2v) is 3.58. The van der Waals surface area contributed by atoms with E-state index < -0.39 is 0 Å². The molecule has 5 nitrogen and oxygen atoms in total. The topological polar surface area (TPSA) is 64.9 Å². The maximum atomic E-state index is 13.8. The van der Waals surface area contributed by atoms with E-state index in [4.69, 9.17) is 10.5 Å². The van der Waals surface area contributed by atoms with Crippen LogP contribution in [-0.2, 0) is 32.3 Å². The smallest absolute Gasteiger partial charge is 0.147 e. The number of benzene rings is 1. The van der Waals surface area contributed by atoms with Gasteiger partial charge in [-0.1, -0.05) is 6.07 Å². The van der Waals surface area contributed by atoms with E-state index in [0.29, 0.717) is 25.3 Å². The Hall–Kier alpha value is -1.13. The molecule has 102 valence electrons. The van der Waals surface area contributed by atoms with Gasteiger partial charge in [0.1, 0.15) is 11.8 Å². The molecule has 1 aromatic rings. The van der Waals surface area contributed by atoms with Gasteiger partial charge >= 0.3 is 0 Å². The number of hydrogen-bond acceptors (Lipinski definition) is 4. The molecule has 0 aliphatic carbocycles. The van der Waals surface area contributed by atoms with Crippen LogP contribution in [0.25, 0.3) is 5.32 Å². The van der Waals surface area contributed by atoms with Crippen LogP contribution >= 0.6 is 0 Å². The first-order valence-corrected chi connectivity index (χ1v) is 5.30. The molecule has 7 heteroatoms. The van der Waals surface area contributed by atoms with Gasteiger partial charge in [0, 0.05) is 34.2 Å². The summed E-state index contributed by atoms with van der Waals surface area (Å²) in [6.07, 6.45) is 0. The van der Waals surface area contributed by atoms with Crippen LogP contribution in [0.2, 0.25) is 0 Å². The number of hydrazone groups is 1. The zero-order valence-electron chi connectivity index (χ0n) is 9.87.